The van der Waals surface area contributed by atoms with Crippen LogP contribution in [0.25, 0.3) is 6.08 Å². The largest absolute Gasteiger partial charge is 0.478 e. The third-order valence-electron chi connectivity index (χ3n) is 1.59. The molecule has 0 bridgehead atoms. The number of hydrogen-bond acceptors (Lipinski definition) is 3. The number of halogens is 1. The van der Waals surface area contributed by atoms with Gasteiger partial charge in [-0.05, 0) is 17.7 Å². The number of rotatable bonds is 3. The summed E-state index contributed by atoms with van der Waals surface area (Å²) in [6.45, 7) is 0. The van der Waals surface area contributed by atoms with Crippen molar-refractivity contribution in [3.05, 3.63) is 45.0 Å². The second-order valence-corrected chi connectivity index (χ2v) is 3.05. The fraction of sp³-hybridized carbons (Fsp3) is 0. The van der Waals surface area contributed by atoms with Crippen LogP contribution in [0.5, 0.6) is 0 Å². The van der Waals surface area contributed by atoms with Crippen LogP contribution in [0.15, 0.2) is 24.3 Å². The fourth-order valence-electron chi connectivity index (χ4n) is 0.941. The molecular weight excluding hydrogens is 222 g/mol. The Morgan fingerprint density at radius 3 is 2.73 bits per heavy atom. The van der Waals surface area contributed by atoms with Crippen LogP contribution in [0.2, 0.25) is 5.02 Å². The van der Waals surface area contributed by atoms with E-state index in [1.165, 1.54) is 24.3 Å². The molecule has 0 amide bonds. The van der Waals surface area contributed by atoms with Gasteiger partial charge in [0.05, 0.1) is 4.92 Å². The first kappa shape index (κ1) is 11.2. The SMILES string of the molecule is O=C(O)C=Cc1ccc(Cl)c([N+](=O)[O-])c1. The maximum Gasteiger partial charge on any atom is 0.328 e. The monoisotopic (exact) mass is 227 g/mol. The predicted molar refractivity (Wildman–Crippen MR) is 54.8 cm³/mol. The van der Waals surface area contributed by atoms with Gasteiger partial charge in [-0.15, -0.1) is 0 Å². The van der Waals surface area contributed by atoms with Gasteiger partial charge in [0.25, 0.3) is 5.69 Å². The molecule has 0 spiro atoms. The van der Waals surface area contributed by atoms with Crippen LogP contribution in [0.3, 0.4) is 0 Å². The summed E-state index contributed by atoms with van der Waals surface area (Å²) in [5.74, 6) is -1.12. The second kappa shape index (κ2) is 4.56. The lowest BCUT2D eigenvalue weighted by atomic mass is 10.2. The molecule has 15 heavy (non-hydrogen) atoms. The van der Waals surface area contributed by atoms with E-state index < -0.39 is 10.9 Å². The lowest BCUT2D eigenvalue weighted by Crippen LogP contribution is -1.90. The molecule has 78 valence electrons. The van der Waals surface area contributed by atoms with Gasteiger partial charge in [0.15, 0.2) is 0 Å². The smallest absolute Gasteiger partial charge is 0.328 e. The van der Waals surface area contributed by atoms with E-state index in [0.717, 1.165) is 6.08 Å². The number of nitrogens with zero attached hydrogens (tertiary/aromatic N) is 1. The number of nitro groups is 1. The van der Waals surface area contributed by atoms with Gasteiger partial charge < -0.3 is 5.11 Å². The standard InChI is InChI=1S/C9H6ClNO4/c10-7-3-1-6(2-4-9(12)13)5-8(7)11(14)15/h1-5H,(H,12,13). The van der Waals surface area contributed by atoms with E-state index in [0.29, 0.717) is 5.56 Å². The molecule has 0 fully saturated rings. The number of hydrogen-bond donors (Lipinski definition) is 1. The molecule has 0 aliphatic rings. The van der Waals surface area contributed by atoms with Crippen molar-refractivity contribution in [2.24, 2.45) is 0 Å². The van der Waals surface area contributed by atoms with Crippen LogP contribution >= 0.6 is 11.6 Å². The molecule has 1 N–H and O–H groups in total. The molecule has 5 nitrogen and oxygen atoms in total. The first-order valence-corrected chi connectivity index (χ1v) is 4.23. The molecule has 0 heterocycles. The highest BCUT2D eigenvalue weighted by atomic mass is 35.5. The molecule has 0 aliphatic heterocycles. The van der Waals surface area contributed by atoms with Crippen molar-refractivity contribution in [3.8, 4) is 0 Å². The Bertz CT molecular complexity index is 442. The third-order valence-corrected chi connectivity index (χ3v) is 1.90. The van der Waals surface area contributed by atoms with Gasteiger partial charge in [0, 0.05) is 12.1 Å². The van der Waals surface area contributed by atoms with Crippen molar-refractivity contribution in [3.63, 3.8) is 0 Å². The number of carboxylic acid groups (broad SMARTS) is 1. The van der Waals surface area contributed by atoms with E-state index in [1.807, 2.05) is 0 Å². The Morgan fingerprint density at radius 1 is 1.53 bits per heavy atom. The highest BCUT2D eigenvalue weighted by molar-refractivity contribution is 6.32. The van der Waals surface area contributed by atoms with Gasteiger partial charge in [-0.25, -0.2) is 4.79 Å². The molecule has 0 saturated carbocycles. The Labute approximate surface area is 89.7 Å². The van der Waals surface area contributed by atoms with E-state index >= 15 is 0 Å². The van der Waals surface area contributed by atoms with Crippen LogP contribution in [0.4, 0.5) is 5.69 Å². The normalized spacial score (nSPS) is 10.5. The number of aliphatic carboxylic acids is 1. The quantitative estimate of drug-likeness (QED) is 0.488. The lowest BCUT2D eigenvalue weighted by molar-refractivity contribution is -0.384. The molecule has 0 saturated heterocycles. The van der Waals surface area contributed by atoms with E-state index in [2.05, 4.69) is 0 Å². The summed E-state index contributed by atoms with van der Waals surface area (Å²) < 4.78 is 0. The van der Waals surface area contributed by atoms with Gasteiger partial charge >= 0.3 is 5.97 Å². The zero-order chi connectivity index (χ0) is 11.4. The maximum absolute atomic E-state index is 10.5. The van der Waals surface area contributed by atoms with E-state index in [9.17, 15) is 14.9 Å². The van der Waals surface area contributed by atoms with Crippen molar-refractivity contribution >= 4 is 29.3 Å². The molecule has 0 aliphatic carbocycles. The Balaban J connectivity index is 3.08. The van der Waals surface area contributed by atoms with Gasteiger partial charge in [-0.3, -0.25) is 10.1 Å². The highest BCUT2D eigenvalue weighted by Gasteiger charge is 2.11. The van der Waals surface area contributed by atoms with Gasteiger partial charge in [0.2, 0.25) is 0 Å². The van der Waals surface area contributed by atoms with Crippen molar-refractivity contribution in [1.29, 1.82) is 0 Å². The molecule has 1 aromatic rings. The Morgan fingerprint density at radius 2 is 2.20 bits per heavy atom. The summed E-state index contributed by atoms with van der Waals surface area (Å²) in [4.78, 5) is 20.1. The van der Waals surface area contributed by atoms with Crippen molar-refractivity contribution < 1.29 is 14.8 Å². The maximum atomic E-state index is 10.5. The molecule has 0 unspecified atom stereocenters. The van der Waals surface area contributed by atoms with Crippen molar-refractivity contribution in [1.82, 2.24) is 0 Å². The predicted octanol–water partition coefficient (Wildman–Crippen LogP) is 2.35. The number of benzene rings is 1. The first-order valence-electron chi connectivity index (χ1n) is 3.85. The summed E-state index contributed by atoms with van der Waals surface area (Å²) in [6, 6.07) is 4.05. The molecule has 0 aromatic heterocycles. The molecular formula is C9H6ClNO4. The molecule has 0 atom stereocenters. The summed E-state index contributed by atoms with van der Waals surface area (Å²) in [6.07, 6.45) is 2.15. The van der Waals surface area contributed by atoms with Crippen molar-refractivity contribution in [2.45, 2.75) is 0 Å². The van der Waals surface area contributed by atoms with Crippen LogP contribution in [-0.4, -0.2) is 16.0 Å². The van der Waals surface area contributed by atoms with Gasteiger partial charge in [-0.2, -0.15) is 0 Å². The van der Waals surface area contributed by atoms with Crippen LogP contribution < -0.4 is 0 Å². The minimum absolute atomic E-state index is 0.0208. The zero-order valence-corrected chi connectivity index (χ0v) is 8.14. The summed E-state index contributed by atoms with van der Waals surface area (Å²) in [7, 11) is 0. The Hall–Kier alpha value is -1.88. The average molecular weight is 228 g/mol. The molecule has 1 rings (SSSR count). The van der Waals surface area contributed by atoms with E-state index in [1.54, 1.807) is 0 Å². The third kappa shape index (κ3) is 3.07. The van der Waals surface area contributed by atoms with Crippen molar-refractivity contribution in [2.75, 3.05) is 0 Å². The van der Waals surface area contributed by atoms with Crippen LogP contribution in [-0.2, 0) is 4.79 Å². The zero-order valence-electron chi connectivity index (χ0n) is 7.38. The number of nitro benzene ring substituents is 1. The molecule has 6 heteroatoms. The van der Waals surface area contributed by atoms with Crippen LogP contribution in [0, 0.1) is 10.1 Å². The number of carboxylic acids is 1. The van der Waals surface area contributed by atoms with E-state index in [-0.39, 0.29) is 10.7 Å². The summed E-state index contributed by atoms with van der Waals surface area (Å²) >= 11 is 5.57. The number of carbonyl (C=O) groups is 1. The minimum atomic E-state index is -1.12. The highest BCUT2D eigenvalue weighted by Crippen LogP contribution is 2.25. The summed E-state index contributed by atoms with van der Waals surface area (Å²) in [5, 5.41) is 18.9. The van der Waals surface area contributed by atoms with E-state index in [4.69, 9.17) is 16.7 Å². The fourth-order valence-corrected chi connectivity index (χ4v) is 1.13. The van der Waals surface area contributed by atoms with Crippen LogP contribution in [0.1, 0.15) is 5.56 Å². The lowest BCUT2D eigenvalue weighted by Gasteiger charge is -1.96. The molecule has 0 radical (unpaired) electrons. The molecule has 1 aromatic carbocycles. The van der Waals surface area contributed by atoms with Gasteiger partial charge in [0.1, 0.15) is 5.02 Å². The minimum Gasteiger partial charge on any atom is -0.478 e. The topological polar surface area (TPSA) is 80.4 Å². The Kier molecular flexibility index (Phi) is 3.41. The average Bonchev–Trinajstić information content (AvgIpc) is 2.16. The second-order valence-electron chi connectivity index (χ2n) is 2.64. The summed E-state index contributed by atoms with van der Waals surface area (Å²) in [5.41, 5.74) is 0.165. The first-order chi connectivity index (χ1) is 7.00. The van der Waals surface area contributed by atoms with Gasteiger partial charge in [-0.1, -0.05) is 17.7 Å².